The smallest absolute Gasteiger partial charge is 0.159 e. The summed E-state index contributed by atoms with van der Waals surface area (Å²) >= 11 is 0. The molecule has 0 bridgehead atoms. The largest absolute Gasteiger partial charge is 0.386 e. The van der Waals surface area contributed by atoms with Gasteiger partial charge in [0.15, 0.2) is 11.6 Å². The number of likely N-dealkylation sites (N-methyl/N-ethyl adjacent to an activating group) is 1. The first-order valence-electron chi connectivity index (χ1n) is 7.17. The molecule has 0 spiro atoms. The molecule has 3 atom stereocenters. The molecule has 2 nitrogen and oxygen atoms in total. The third-order valence-electron chi connectivity index (χ3n) is 4.67. The van der Waals surface area contributed by atoms with E-state index < -0.39 is 23.3 Å². The number of hydrogen-bond acceptors (Lipinski definition) is 2. The van der Waals surface area contributed by atoms with Crippen molar-refractivity contribution in [2.75, 3.05) is 14.1 Å². The van der Waals surface area contributed by atoms with Crippen molar-refractivity contribution < 1.29 is 13.9 Å². The lowest BCUT2D eigenvalue weighted by atomic mass is 9.71. The maximum atomic E-state index is 13.4. The van der Waals surface area contributed by atoms with Crippen LogP contribution < -0.4 is 0 Å². The third kappa shape index (κ3) is 2.72. The van der Waals surface area contributed by atoms with Gasteiger partial charge in [-0.1, -0.05) is 25.8 Å². The summed E-state index contributed by atoms with van der Waals surface area (Å²) in [7, 11) is 3.89. The maximum absolute atomic E-state index is 13.4. The zero-order valence-electron chi connectivity index (χ0n) is 12.4. The zero-order chi connectivity index (χ0) is 14.9. The lowest BCUT2D eigenvalue weighted by Gasteiger charge is -2.48. The van der Waals surface area contributed by atoms with Crippen LogP contribution in [-0.4, -0.2) is 29.6 Å². The average Bonchev–Trinajstić information content (AvgIpc) is 2.40. The molecule has 0 radical (unpaired) electrons. The Morgan fingerprint density at radius 3 is 2.55 bits per heavy atom. The summed E-state index contributed by atoms with van der Waals surface area (Å²) in [6.45, 7) is 2.18. The minimum atomic E-state index is -0.903. The van der Waals surface area contributed by atoms with Gasteiger partial charge in [0, 0.05) is 0 Å². The van der Waals surface area contributed by atoms with Crippen molar-refractivity contribution in [3.8, 4) is 0 Å². The lowest BCUT2D eigenvalue weighted by molar-refractivity contribution is -0.0452. The number of rotatable bonds is 3. The second-order valence-electron chi connectivity index (χ2n) is 6.28. The van der Waals surface area contributed by atoms with E-state index in [0.717, 1.165) is 37.8 Å². The molecule has 1 aliphatic carbocycles. The molecule has 1 fully saturated rings. The quantitative estimate of drug-likeness (QED) is 0.917. The Kier molecular flexibility index (Phi) is 4.45. The fraction of sp³-hybridized carbons (Fsp3) is 0.625. The standard InChI is InChI=1S/C16H23F2NO/c1-11-5-4-8-16(10-11,19(2)3)15(20)12-6-7-13(17)14(18)9-12/h6-7,9,11,15,20H,4-5,8,10H2,1-3H3. The molecule has 112 valence electrons. The Morgan fingerprint density at radius 2 is 2.00 bits per heavy atom. The highest BCUT2D eigenvalue weighted by molar-refractivity contribution is 5.24. The maximum Gasteiger partial charge on any atom is 0.159 e. The fourth-order valence-corrected chi connectivity index (χ4v) is 3.46. The van der Waals surface area contributed by atoms with Crippen molar-refractivity contribution in [3.05, 3.63) is 35.4 Å². The van der Waals surface area contributed by atoms with Gasteiger partial charge in [-0.3, -0.25) is 0 Å². The molecule has 3 unspecified atom stereocenters. The fourth-order valence-electron chi connectivity index (χ4n) is 3.46. The van der Waals surface area contributed by atoms with Crippen LogP contribution in [0.25, 0.3) is 0 Å². The van der Waals surface area contributed by atoms with E-state index in [-0.39, 0.29) is 0 Å². The Morgan fingerprint density at radius 1 is 1.30 bits per heavy atom. The van der Waals surface area contributed by atoms with Gasteiger partial charge in [-0.2, -0.15) is 0 Å². The number of benzene rings is 1. The third-order valence-corrected chi connectivity index (χ3v) is 4.67. The molecule has 0 heterocycles. The van der Waals surface area contributed by atoms with Gasteiger partial charge < -0.3 is 10.0 Å². The summed E-state index contributed by atoms with van der Waals surface area (Å²) in [6.07, 6.45) is 3.11. The Bertz CT molecular complexity index is 478. The summed E-state index contributed by atoms with van der Waals surface area (Å²) in [5, 5.41) is 10.8. The number of aliphatic hydroxyl groups is 1. The van der Waals surface area contributed by atoms with Crippen LogP contribution in [0.15, 0.2) is 18.2 Å². The van der Waals surface area contributed by atoms with Crippen LogP contribution >= 0.6 is 0 Å². The van der Waals surface area contributed by atoms with Crippen LogP contribution in [0.1, 0.15) is 44.3 Å². The minimum Gasteiger partial charge on any atom is -0.386 e. The molecule has 2 rings (SSSR count). The van der Waals surface area contributed by atoms with Crippen molar-refractivity contribution in [3.63, 3.8) is 0 Å². The molecule has 20 heavy (non-hydrogen) atoms. The highest BCUT2D eigenvalue weighted by Gasteiger charge is 2.43. The van der Waals surface area contributed by atoms with Crippen LogP contribution in [0.4, 0.5) is 8.78 Å². The van der Waals surface area contributed by atoms with Crippen molar-refractivity contribution in [1.29, 1.82) is 0 Å². The van der Waals surface area contributed by atoms with E-state index in [4.69, 9.17) is 0 Å². The van der Waals surface area contributed by atoms with E-state index in [1.54, 1.807) is 0 Å². The number of aliphatic hydroxyl groups excluding tert-OH is 1. The molecular weight excluding hydrogens is 260 g/mol. The molecule has 1 aromatic rings. The van der Waals surface area contributed by atoms with Crippen molar-refractivity contribution in [1.82, 2.24) is 4.90 Å². The van der Waals surface area contributed by atoms with Gasteiger partial charge in [-0.15, -0.1) is 0 Å². The van der Waals surface area contributed by atoms with E-state index >= 15 is 0 Å². The molecular formula is C16H23F2NO. The molecule has 0 saturated heterocycles. The molecule has 0 aromatic heterocycles. The SMILES string of the molecule is CC1CCCC(C(O)c2ccc(F)c(F)c2)(N(C)C)C1. The topological polar surface area (TPSA) is 23.5 Å². The van der Waals surface area contributed by atoms with E-state index in [2.05, 4.69) is 6.92 Å². The highest BCUT2D eigenvalue weighted by Crippen LogP contribution is 2.44. The Balaban J connectivity index is 2.35. The number of halogens is 2. The second kappa shape index (κ2) is 5.78. The van der Waals surface area contributed by atoms with Crippen LogP contribution in [0.3, 0.4) is 0 Å². The lowest BCUT2D eigenvalue weighted by Crippen LogP contribution is -2.52. The number of nitrogens with zero attached hydrogens (tertiary/aromatic N) is 1. The van der Waals surface area contributed by atoms with Gasteiger partial charge in [0.2, 0.25) is 0 Å². The van der Waals surface area contributed by atoms with E-state index in [1.165, 1.54) is 6.07 Å². The first-order valence-corrected chi connectivity index (χ1v) is 7.17. The van der Waals surface area contributed by atoms with Crippen molar-refractivity contribution >= 4 is 0 Å². The van der Waals surface area contributed by atoms with E-state index in [1.807, 2.05) is 19.0 Å². The van der Waals surface area contributed by atoms with Gasteiger partial charge in [-0.25, -0.2) is 8.78 Å². The van der Waals surface area contributed by atoms with Crippen LogP contribution in [0.5, 0.6) is 0 Å². The van der Waals surface area contributed by atoms with Gasteiger partial charge in [0.05, 0.1) is 11.6 Å². The van der Waals surface area contributed by atoms with Gasteiger partial charge in [0.25, 0.3) is 0 Å². The monoisotopic (exact) mass is 283 g/mol. The first kappa shape index (κ1) is 15.4. The molecule has 0 aliphatic heterocycles. The zero-order valence-corrected chi connectivity index (χ0v) is 12.4. The van der Waals surface area contributed by atoms with Crippen molar-refractivity contribution in [2.24, 2.45) is 5.92 Å². The van der Waals surface area contributed by atoms with Gasteiger partial charge in [0.1, 0.15) is 0 Å². The van der Waals surface area contributed by atoms with Crippen LogP contribution in [0.2, 0.25) is 0 Å². The first-order chi connectivity index (χ1) is 9.36. The van der Waals surface area contributed by atoms with E-state index in [9.17, 15) is 13.9 Å². The Labute approximate surface area is 119 Å². The number of hydrogen-bond donors (Lipinski definition) is 1. The summed E-state index contributed by atoms with van der Waals surface area (Å²) in [5.74, 6) is -1.26. The average molecular weight is 283 g/mol. The van der Waals surface area contributed by atoms with Gasteiger partial charge in [-0.05, 0) is 50.6 Å². The summed E-state index contributed by atoms with van der Waals surface area (Å²) in [6, 6.07) is 3.68. The summed E-state index contributed by atoms with van der Waals surface area (Å²) in [5.41, 5.74) is 0.0498. The predicted molar refractivity (Wildman–Crippen MR) is 75.4 cm³/mol. The summed E-state index contributed by atoms with van der Waals surface area (Å²) in [4.78, 5) is 2.04. The van der Waals surface area contributed by atoms with Crippen LogP contribution in [0, 0.1) is 17.6 Å². The highest BCUT2D eigenvalue weighted by atomic mass is 19.2. The molecule has 1 aliphatic rings. The summed E-state index contributed by atoms with van der Waals surface area (Å²) < 4.78 is 26.5. The molecule has 1 aromatic carbocycles. The molecule has 0 amide bonds. The molecule has 1 saturated carbocycles. The van der Waals surface area contributed by atoms with Crippen molar-refractivity contribution in [2.45, 2.75) is 44.2 Å². The molecule has 4 heteroatoms. The van der Waals surface area contributed by atoms with E-state index in [0.29, 0.717) is 11.5 Å². The normalized spacial score (nSPS) is 28.6. The van der Waals surface area contributed by atoms with Gasteiger partial charge >= 0.3 is 0 Å². The van der Waals surface area contributed by atoms with Crippen LogP contribution in [-0.2, 0) is 0 Å². The predicted octanol–water partition coefficient (Wildman–Crippen LogP) is 3.51. The second-order valence-corrected chi connectivity index (χ2v) is 6.28. The molecule has 1 N–H and O–H groups in total. The Hall–Kier alpha value is -1.00. The minimum absolute atomic E-state index is 0.401.